The molecule has 0 radical (unpaired) electrons. The first kappa shape index (κ1) is 21.2. The lowest BCUT2D eigenvalue weighted by Crippen LogP contribution is -2.34. The van der Waals surface area contributed by atoms with Crippen LogP contribution in [0.5, 0.6) is 5.75 Å². The lowest BCUT2D eigenvalue weighted by molar-refractivity contribution is -0.124. The summed E-state index contributed by atoms with van der Waals surface area (Å²) in [6.45, 7) is 0.703. The van der Waals surface area contributed by atoms with Gasteiger partial charge in [0.05, 0.1) is 6.04 Å². The van der Waals surface area contributed by atoms with Crippen molar-refractivity contribution in [1.82, 2.24) is 9.62 Å². The monoisotopic (exact) mass is 448 g/mol. The minimum absolute atomic E-state index is 0.00714. The number of aryl methyl sites for hydroxylation is 1. The molecule has 2 aromatic carbocycles. The van der Waals surface area contributed by atoms with E-state index in [9.17, 15) is 13.2 Å². The van der Waals surface area contributed by atoms with Gasteiger partial charge in [-0.25, -0.2) is 8.42 Å². The van der Waals surface area contributed by atoms with Crippen molar-refractivity contribution in [3.05, 3.63) is 58.6 Å². The van der Waals surface area contributed by atoms with Crippen LogP contribution in [0.15, 0.2) is 47.4 Å². The molecule has 1 fully saturated rings. The van der Waals surface area contributed by atoms with Crippen molar-refractivity contribution in [3.8, 4) is 5.75 Å². The number of rotatable bonds is 6. The van der Waals surface area contributed by atoms with Crippen LogP contribution in [0.2, 0.25) is 5.02 Å². The van der Waals surface area contributed by atoms with E-state index in [0.717, 1.165) is 37.7 Å². The van der Waals surface area contributed by atoms with Crippen LogP contribution in [0.4, 0.5) is 0 Å². The highest BCUT2D eigenvalue weighted by molar-refractivity contribution is 7.89. The van der Waals surface area contributed by atoms with Crippen molar-refractivity contribution < 1.29 is 17.9 Å². The predicted molar refractivity (Wildman–Crippen MR) is 115 cm³/mol. The van der Waals surface area contributed by atoms with Crippen LogP contribution in [-0.2, 0) is 21.2 Å². The first-order valence-electron chi connectivity index (χ1n) is 10.2. The van der Waals surface area contributed by atoms with Gasteiger partial charge < -0.3 is 10.1 Å². The molecule has 30 heavy (non-hydrogen) atoms. The first-order valence-corrected chi connectivity index (χ1v) is 12.1. The zero-order valence-corrected chi connectivity index (χ0v) is 18.2. The molecular weight excluding hydrogens is 424 g/mol. The Hall–Kier alpha value is -2.09. The van der Waals surface area contributed by atoms with Crippen LogP contribution in [0.1, 0.15) is 42.9 Å². The zero-order chi connectivity index (χ0) is 21.1. The van der Waals surface area contributed by atoms with E-state index in [1.54, 1.807) is 6.07 Å². The van der Waals surface area contributed by atoms with Gasteiger partial charge in [-0.2, -0.15) is 4.31 Å². The number of benzene rings is 2. The smallest absolute Gasteiger partial charge is 0.258 e. The number of sulfonamides is 1. The summed E-state index contributed by atoms with van der Waals surface area (Å²) in [6, 6.07) is 12.5. The minimum atomic E-state index is -3.71. The third kappa shape index (κ3) is 4.48. The number of nitrogens with one attached hydrogen (secondary N) is 1. The molecule has 1 N–H and O–H groups in total. The van der Waals surface area contributed by atoms with Crippen LogP contribution in [-0.4, -0.2) is 38.3 Å². The number of carbonyl (C=O) groups excluding carboxylic acids is 1. The second-order valence-electron chi connectivity index (χ2n) is 7.70. The molecule has 1 atom stereocenters. The summed E-state index contributed by atoms with van der Waals surface area (Å²) < 4.78 is 33.1. The molecule has 1 aliphatic heterocycles. The maximum atomic E-state index is 13.0. The van der Waals surface area contributed by atoms with Gasteiger partial charge in [0.25, 0.3) is 5.91 Å². The maximum absolute atomic E-state index is 13.0. The molecule has 8 heteroatoms. The summed E-state index contributed by atoms with van der Waals surface area (Å²) in [4.78, 5) is 12.6. The summed E-state index contributed by atoms with van der Waals surface area (Å²) >= 11 is 6.05. The van der Waals surface area contributed by atoms with Crippen LogP contribution in [0, 0.1) is 0 Å². The van der Waals surface area contributed by atoms with Gasteiger partial charge >= 0.3 is 0 Å². The van der Waals surface area contributed by atoms with Crippen molar-refractivity contribution >= 4 is 27.5 Å². The molecule has 6 nitrogen and oxygen atoms in total. The number of hydrogen-bond donors (Lipinski definition) is 1. The second-order valence-corrected chi connectivity index (χ2v) is 10.0. The van der Waals surface area contributed by atoms with Crippen molar-refractivity contribution in [3.63, 3.8) is 0 Å². The van der Waals surface area contributed by atoms with E-state index in [0.29, 0.717) is 18.1 Å². The Kier molecular flexibility index (Phi) is 6.32. The molecule has 0 spiro atoms. The van der Waals surface area contributed by atoms with E-state index in [-0.39, 0.29) is 29.2 Å². The van der Waals surface area contributed by atoms with Crippen LogP contribution in [0.25, 0.3) is 0 Å². The predicted octanol–water partition coefficient (Wildman–Crippen LogP) is 3.70. The van der Waals surface area contributed by atoms with Crippen molar-refractivity contribution in [2.45, 2.75) is 43.0 Å². The zero-order valence-electron chi connectivity index (χ0n) is 16.6. The Balaban J connectivity index is 1.46. The number of hydrogen-bond acceptors (Lipinski definition) is 4. The van der Waals surface area contributed by atoms with Crippen molar-refractivity contribution in [2.24, 2.45) is 0 Å². The summed E-state index contributed by atoms with van der Waals surface area (Å²) in [7, 11) is -3.71. The van der Waals surface area contributed by atoms with Gasteiger partial charge in [0, 0.05) is 18.1 Å². The van der Waals surface area contributed by atoms with Gasteiger partial charge in [-0.1, -0.05) is 35.9 Å². The molecule has 4 rings (SSSR count). The minimum Gasteiger partial charge on any atom is -0.482 e. The molecule has 0 aromatic heterocycles. The molecule has 1 amide bonds. The fourth-order valence-electron chi connectivity index (χ4n) is 4.15. The van der Waals surface area contributed by atoms with E-state index >= 15 is 0 Å². The van der Waals surface area contributed by atoms with E-state index in [2.05, 4.69) is 11.4 Å². The Morgan fingerprint density at radius 3 is 2.70 bits per heavy atom. The third-order valence-electron chi connectivity index (χ3n) is 5.65. The van der Waals surface area contributed by atoms with E-state index < -0.39 is 10.0 Å². The lowest BCUT2D eigenvalue weighted by atomic mass is 9.88. The molecule has 2 aromatic rings. The molecule has 2 aliphatic rings. The summed E-state index contributed by atoms with van der Waals surface area (Å²) in [5.74, 6) is -0.137. The first-order chi connectivity index (χ1) is 14.4. The average molecular weight is 449 g/mol. The van der Waals surface area contributed by atoms with E-state index in [4.69, 9.17) is 16.3 Å². The van der Waals surface area contributed by atoms with Gasteiger partial charge in [-0.3, -0.25) is 4.79 Å². The molecule has 160 valence electrons. The van der Waals surface area contributed by atoms with E-state index in [1.165, 1.54) is 22.0 Å². The Labute approximate surface area is 182 Å². The molecule has 0 unspecified atom stereocenters. The quantitative estimate of drug-likeness (QED) is 0.731. The lowest BCUT2D eigenvalue weighted by Gasteiger charge is -2.26. The molecule has 0 bridgehead atoms. The van der Waals surface area contributed by atoms with Gasteiger partial charge in [0.2, 0.25) is 10.0 Å². The number of amides is 1. The number of fused-ring (bicyclic) bond motifs is 1. The van der Waals surface area contributed by atoms with Gasteiger partial charge in [0.15, 0.2) is 6.61 Å². The Morgan fingerprint density at radius 2 is 1.90 bits per heavy atom. The average Bonchev–Trinajstić information content (AvgIpc) is 3.29. The normalized spacial score (nSPS) is 19.3. The maximum Gasteiger partial charge on any atom is 0.258 e. The van der Waals surface area contributed by atoms with Crippen molar-refractivity contribution in [1.29, 1.82) is 0 Å². The largest absolute Gasteiger partial charge is 0.482 e. The molecule has 1 aliphatic carbocycles. The Morgan fingerprint density at radius 1 is 1.13 bits per heavy atom. The number of ether oxygens (including phenoxy) is 1. The summed E-state index contributed by atoms with van der Waals surface area (Å²) in [5.41, 5.74) is 2.40. The number of carbonyl (C=O) groups is 1. The SMILES string of the molecule is O=C(COc1ccc(Cl)cc1S(=O)(=O)N1CCCC1)N[C@H]1CCCc2ccccc21. The second kappa shape index (κ2) is 8.96. The van der Waals surface area contributed by atoms with Crippen molar-refractivity contribution in [2.75, 3.05) is 19.7 Å². The highest BCUT2D eigenvalue weighted by Gasteiger charge is 2.30. The topological polar surface area (TPSA) is 75.7 Å². The van der Waals surface area contributed by atoms with Crippen LogP contribution < -0.4 is 10.1 Å². The molecule has 1 saturated heterocycles. The Bertz CT molecular complexity index is 1040. The summed E-state index contributed by atoms with van der Waals surface area (Å²) in [5, 5.41) is 3.33. The van der Waals surface area contributed by atoms with Gasteiger partial charge in [0.1, 0.15) is 10.6 Å². The number of nitrogens with zero attached hydrogens (tertiary/aromatic N) is 1. The molecular formula is C22H25ClN2O4S. The van der Waals surface area contributed by atoms with Gasteiger partial charge in [-0.15, -0.1) is 0 Å². The standard InChI is InChI=1S/C22H25ClN2O4S/c23-17-10-11-20(21(14-17)30(27,28)25-12-3-4-13-25)29-15-22(26)24-19-9-5-7-16-6-1-2-8-18(16)19/h1-2,6,8,10-11,14,19H,3-5,7,9,12-13,15H2,(H,24,26)/t19-/m0/s1. The molecule has 1 heterocycles. The van der Waals surface area contributed by atoms with Crippen LogP contribution >= 0.6 is 11.6 Å². The highest BCUT2D eigenvalue weighted by Crippen LogP contribution is 2.32. The van der Waals surface area contributed by atoms with Crippen LogP contribution in [0.3, 0.4) is 0 Å². The third-order valence-corrected chi connectivity index (χ3v) is 7.81. The summed E-state index contributed by atoms with van der Waals surface area (Å²) in [6.07, 6.45) is 4.57. The number of halogens is 1. The molecule has 0 saturated carbocycles. The van der Waals surface area contributed by atoms with Gasteiger partial charge in [-0.05, 0) is 61.4 Å². The highest BCUT2D eigenvalue weighted by atomic mass is 35.5. The van der Waals surface area contributed by atoms with E-state index in [1.807, 2.05) is 18.2 Å². The fraction of sp³-hybridized carbons (Fsp3) is 0.409. The fourth-order valence-corrected chi connectivity index (χ4v) is 6.06.